The van der Waals surface area contributed by atoms with Crippen molar-refractivity contribution in [1.29, 1.82) is 0 Å². The van der Waals surface area contributed by atoms with Gasteiger partial charge in [0.15, 0.2) is 0 Å². The van der Waals surface area contributed by atoms with Crippen LogP contribution in [0.15, 0.2) is 31.0 Å². The van der Waals surface area contributed by atoms with Gasteiger partial charge in [-0.05, 0) is 30.9 Å². The number of fused-ring (bicyclic) bond motifs is 1. The van der Waals surface area contributed by atoms with Crippen molar-refractivity contribution < 1.29 is 14.3 Å². The van der Waals surface area contributed by atoms with Crippen molar-refractivity contribution >= 4 is 25.1 Å². The molecular formula is C24H35N5O3Si. The molecule has 3 heterocycles. The number of aromatic nitrogens is 5. The summed E-state index contributed by atoms with van der Waals surface area (Å²) in [6, 6.07) is 3.18. The Morgan fingerprint density at radius 1 is 1.24 bits per heavy atom. The van der Waals surface area contributed by atoms with E-state index in [1.165, 1.54) is 20.0 Å². The van der Waals surface area contributed by atoms with Crippen molar-refractivity contribution in [2.45, 2.75) is 70.6 Å². The van der Waals surface area contributed by atoms with Gasteiger partial charge >= 0.3 is 5.97 Å². The van der Waals surface area contributed by atoms with E-state index in [-0.39, 0.29) is 12.0 Å². The van der Waals surface area contributed by atoms with Gasteiger partial charge in [-0.3, -0.25) is 9.48 Å². The molecule has 8 nitrogen and oxygen atoms in total. The van der Waals surface area contributed by atoms with E-state index >= 15 is 0 Å². The van der Waals surface area contributed by atoms with E-state index in [1.54, 1.807) is 6.33 Å². The van der Waals surface area contributed by atoms with Crippen LogP contribution < -0.4 is 0 Å². The standard InChI is InChI=1S/C24H35N5O3Si/c1-31-22(30)13-21(18-7-5-6-8-18)29-15-19(14-27-29)23-20-9-10-28(24(20)26-16-25-23)17-32-11-12-33(2,3)4/h9-10,14-16,18,21H,5-8,11-13,17H2,1-4H3. The van der Waals surface area contributed by atoms with Gasteiger partial charge in [-0.15, -0.1) is 0 Å². The molecule has 33 heavy (non-hydrogen) atoms. The lowest BCUT2D eigenvalue weighted by molar-refractivity contribution is -0.142. The number of hydrogen-bond acceptors (Lipinski definition) is 6. The van der Waals surface area contributed by atoms with Crippen LogP contribution in [0.2, 0.25) is 25.7 Å². The second-order valence-electron chi connectivity index (χ2n) is 10.2. The van der Waals surface area contributed by atoms with Crippen molar-refractivity contribution in [1.82, 2.24) is 24.3 Å². The highest BCUT2D eigenvalue weighted by Gasteiger charge is 2.29. The van der Waals surface area contributed by atoms with E-state index < -0.39 is 8.07 Å². The lowest BCUT2D eigenvalue weighted by atomic mass is 9.95. The number of nitrogens with zero attached hydrogens (tertiary/aromatic N) is 5. The van der Waals surface area contributed by atoms with Crippen LogP contribution in [0.1, 0.15) is 38.1 Å². The van der Waals surface area contributed by atoms with Crippen LogP contribution in [0.5, 0.6) is 0 Å². The molecule has 1 aliphatic carbocycles. The second kappa shape index (κ2) is 10.2. The molecule has 4 rings (SSSR count). The summed E-state index contributed by atoms with van der Waals surface area (Å²) in [6.07, 6.45) is 12.4. The fourth-order valence-electron chi connectivity index (χ4n) is 4.59. The molecule has 1 aliphatic rings. The van der Waals surface area contributed by atoms with Gasteiger partial charge in [-0.1, -0.05) is 32.5 Å². The first-order valence-electron chi connectivity index (χ1n) is 11.8. The Morgan fingerprint density at radius 2 is 2.03 bits per heavy atom. The molecule has 0 bridgehead atoms. The van der Waals surface area contributed by atoms with E-state index in [1.807, 2.05) is 33.9 Å². The van der Waals surface area contributed by atoms with E-state index in [9.17, 15) is 4.79 Å². The van der Waals surface area contributed by atoms with Crippen molar-refractivity contribution in [3.8, 4) is 11.3 Å². The minimum absolute atomic E-state index is 0.00962. The smallest absolute Gasteiger partial charge is 0.307 e. The Bertz CT molecular complexity index is 1080. The molecule has 0 aromatic carbocycles. The van der Waals surface area contributed by atoms with Crippen LogP contribution in [0.25, 0.3) is 22.3 Å². The monoisotopic (exact) mass is 469 g/mol. The largest absolute Gasteiger partial charge is 0.469 e. The molecule has 0 amide bonds. The summed E-state index contributed by atoms with van der Waals surface area (Å²) in [7, 11) is 0.330. The van der Waals surface area contributed by atoms with Gasteiger partial charge in [-0.25, -0.2) is 9.97 Å². The molecule has 3 aromatic heterocycles. The highest BCUT2D eigenvalue weighted by Crippen LogP contribution is 2.37. The maximum atomic E-state index is 12.1. The first-order chi connectivity index (χ1) is 15.9. The van der Waals surface area contributed by atoms with Crippen LogP contribution in [0.4, 0.5) is 0 Å². The predicted molar refractivity (Wildman–Crippen MR) is 130 cm³/mol. The first kappa shape index (κ1) is 23.6. The highest BCUT2D eigenvalue weighted by atomic mass is 28.3. The van der Waals surface area contributed by atoms with Crippen LogP contribution in [0, 0.1) is 5.92 Å². The summed E-state index contributed by atoms with van der Waals surface area (Å²) in [4.78, 5) is 21.1. The Labute approximate surface area is 196 Å². The summed E-state index contributed by atoms with van der Waals surface area (Å²) in [5, 5.41) is 5.61. The molecule has 1 atom stereocenters. The Kier molecular flexibility index (Phi) is 7.28. The van der Waals surface area contributed by atoms with Crippen molar-refractivity contribution in [3.05, 3.63) is 31.0 Å². The fraction of sp³-hybridized carbons (Fsp3) is 0.583. The fourth-order valence-corrected chi connectivity index (χ4v) is 5.35. The number of methoxy groups -OCH3 is 1. The van der Waals surface area contributed by atoms with Crippen molar-refractivity contribution in [2.75, 3.05) is 13.7 Å². The summed E-state index contributed by atoms with van der Waals surface area (Å²) in [5.74, 6) is 0.247. The van der Waals surface area contributed by atoms with Gasteiger partial charge in [0.05, 0.1) is 31.5 Å². The van der Waals surface area contributed by atoms with E-state index in [4.69, 9.17) is 9.47 Å². The summed E-state index contributed by atoms with van der Waals surface area (Å²) < 4.78 is 14.8. The van der Waals surface area contributed by atoms with E-state index in [0.717, 1.165) is 47.8 Å². The third kappa shape index (κ3) is 5.70. The lowest BCUT2D eigenvalue weighted by Crippen LogP contribution is -2.22. The summed E-state index contributed by atoms with van der Waals surface area (Å²) >= 11 is 0. The molecular weight excluding hydrogens is 434 g/mol. The SMILES string of the molecule is COC(=O)CC(C1CCCC1)n1cc(-c2ncnc3c2ccn3COCC[Si](C)(C)C)cn1. The summed E-state index contributed by atoms with van der Waals surface area (Å²) in [5.41, 5.74) is 2.62. The number of carbonyl (C=O) groups excluding carboxylic acids is 1. The molecule has 0 saturated heterocycles. The van der Waals surface area contributed by atoms with Gasteiger partial charge in [0.1, 0.15) is 18.7 Å². The van der Waals surface area contributed by atoms with Crippen LogP contribution in [-0.4, -0.2) is 52.1 Å². The third-order valence-corrected chi connectivity index (χ3v) is 8.25. The molecule has 0 radical (unpaired) electrons. The average molecular weight is 470 g/mol. The maximum absolute atomic E-state index is 12.1. The number of carbonyl (C=O) groups is 1. The van der Waals surface area contributed by atoms with Gasteiger partial charge in [0, 0.05) is 38.0 Å². The Balaban J connectivity index is 1.54. The molecule has 178 valence electrons. The van der Waals surface area contributed by atoms with Gasteiger partial charge in [0.25, 0.3) is 0 Å². The normalized spacial score (nSPS) is 15.9. The van der Waals surface area contributed by atoms with Crippen molar-refractivity contribution in [2.24, 2.45) is 5.92 Å². The van der Waals surface area contributed by atoms with Crippen LogP contribution in [-0.2, 0) is 21.0 Å². The molecule has 1 fully saturated rings. The van der Waals surface area contributed by atoms with Crippen LogP contribution in [0.3, 0.4) is 0 Å². The highest BCUT2D eigenvalue weighted by molar-refractivity contribution is 6.76. The van der Waals surface area contributed by atoms with Gasteiger partial charge in [-0.2, -0.15) is 5.10 Å². The molecule has 0 aliphatic heterocycles. The number of ether oxygens (including phenoxy) is 2. The first-order valence-corrected chi connectivity index (χ1v) is 15.6. The average Bonchev–Trinajstić information content (AvgIpc) is 3.55. The van der Waals surface area contributed by atoms with Crippen LogP contribution >= 0.6 is 0 Å². The topological polar surface area (TPSA) is 84.1 Å². The Morgan fingerprint density at radius 3 is 2.76 bits per heavy atom. The molecule has 0 spiro atoms. The van der Waals surface area contributed by atoms with E-state index in [2.05, 4.69) is 34.7 Å². The molecule has 9 heteroatoms. The maximum Gasteiger partial charge on any atom is 0.307 e. The quantitative estimate of drug-likeness (QED) is 0.238. The predicted octanol–water partition coefficient (Wildman–Crippen LogP) is 4.90. The number of hydrogen-bond donors (Lipinski definition) is 0. The van der Waals surface area contributed by atoms with Gasteiger partial charge < -0.3 is 14.0 Å². The zero-order valence-electron chi connectivity index (χ0n) is 20.2. The molecule has 1 unspecified atom stereocenters. The zero-order chi connectivity index (χ0) is 23.4. The minimum Gasteiger partial charge on any atom is -0.469 e. The summed E-state index contributed by atoms with van der Waals surface area (Å²) in [6.45, 7) is 8.30. The van der Waals surface area contributed by atoms with Gasteiger partial charge in [0.2, 0.25) is 0 Å². The molecule has 1 saturated carbocycles. The van der Waals surface area contributed by atoms with Crippen molar-refractivity contribution in [3.63, 3.8) is 0 Å². The number of rotatable bonds is 10. The minimum atomic E-state index is -1.11. The molecule has 3 aromatic rings. The lowest BCUT2D eigenvalue weighted by Gasteiger charge is -2.22. The van der Waals surface area contributed by atoms with E-state index in [0.29, 0.717) is 19.1 Å². The third-order valence-electron chi connectivity index (χ3n) is 6.55. The number of esters is 1. The second-order valence-corrected chi connectivity index (χ2v) is 15.8. The zero-order valence-corrected chi connectivity index (χ0v) is 21.2. The molecule has 0 N–H and O–H groups in total. The Hall–Kier alpha value is -2.52.